The lowest BCUT2D eigenvalue weighted by Gasteiger charge is -2.41. The lowest BCUT2D eigenvalue weighted by molar-refractivity contribution is -0.143. The normalized spacial score (nSPS) is 30.6. The molecule has 4 heterocycles. The van der Waals surface area contributed by atoms with Gasteiger partial charge in [-0.05, 0) is 63.7 Å². The van der Waals surface area contributed by atoms with Crippen LogP contribution in [0.3, 0.4) is 0 Å². The number of aliphatic carboxylic acids is 1. The van der Waals surface area contributed by atoms with Crippen LogP contribution in [0.2, 0.25) is 0 Å². The molecule has 3 saturated heterocycles. The van der Waals surface area contributed by atoms with Gasteiger partial charge in [0.15, 0.2) is 0 Å². The third-order valence-corrected chi connectivity index (χ3v) is 8.05. The van der Waals surface area contributed by atoms with Gasteiger partial charge >= 0.3 is 12.1 Å². The Morgan fingerprint density at radius 1 is 0.938 bits per heavy atom. The van der Waals surface area contributed by atoms with Crippen LogP contribution in [0.25, 0.3) is 0 Å². The summed E-state index contributed by atoms with van der Waals surface area (Å²) in [6.07, 6.45) is 11.0. The second kappa shape index (κ2) is 9.25. The molecule has 3 unspecified atom stereocenters. The summed E-state index contributed by atoms with van der Waals surface area (Å²) in [5.74, 6) is -0.916. The van der Waals surface area contributed by atoms with Crippen LogP contribution >= 0.6 is 0 Å². The number of fused-ring (bicyclic) bond motifs is 1. The van der Waals surface area contributed by atoms with E-state index in [-0.39, 0.29) is 36.2 Å². The second-order valence-corrected chi connectivity index (χ2v) is 9.75. The van der Waals surface area contributed by atoms with Crippen molar-refractivity contribution in [1.82, 2.24) is 14.8 Å². The summed E-state index contributed by atoms with van der Waals surface area (Å²) in [6, 6.07) is 4.67. The zero-order valence-electron chi connectivity index (χ0n) is 18.6. The van der Waals surface area contributed by atoms with Crippen molar-refractivity contribution in [2.24, 2.45) is 5.92 Å². The first-order valence-electron chi connectivity index (χ1n) is 12.2. The summed E-state index contributed by atoms with van der Waals surface area (Å²) in [6.45, 7) is 3.43. The number of hydrogen-bond acceptors (Lipinski definition) is 6. The number of pyridine rings is 1. The Morgan fingerprint density at radius 3 is 2.25 bits per heavy atom. The average molecular weight is 443 g/mol. The van der Waals surface area contributed by atoms with Crippen molar-refractivity contribution in [3.8, 4) is 0 Å². The highest BCUT2D eigenvalue weighted by atomic mass is 16.6. The SMILES string of the molecule is O=C(O)C1CCN(C2CCCCC3C2OC(=O)N3C2CCN(c3ccncc3)CC2)CC1. The Labute approximate surface area is 189 Å². The van der Waals surface area contributed by atoms with Crippen LogP contribution in [0.5, 0.6) is 0 Å². The van der Waals surface area contributed by atoms with Gasteiger partial charge in [0.05, 0.1) is 12.0 Å². The van der Waals surface area contributed by atoms with Gasteiger partial charge in [-0.1, -0.05) is 12.8 Å². The van der Waals surface area contributed by atoms with Crippen molar-refractivity contribution in [2.45, 2.75) is 75.6 Å². The van der Waals surface area contributed by atoms with Gasteiger partial charge in [-0.3, -0.25) is 19.6 Å². The number of carboxylic acids is 1. The molecule has 4 fully saturated rings. The largest absolute Gasteiger partial charge is 0.481 e. The van der Waals surface area contributed by atoms with Crippen molar-refractivity contribution in [3.05, 3.63) is 24.5 Å². The van der Waals surface area contributed by atoms with E-state index in [2.05, 4.69) is 19.7 Å². The van der Waals surface area contributed by atoms with Crippen LogP contribution < -0.4 is 4.90 Å². The number of carbonyl (C=O) groups is 2. The monoisotopic (exact) mass is 442 g/mol. The number of piperidine rings is 2. The lowest BCUT2D eigenvalue weighted by Crippen LogP contribution is -2.54. The molecule has 0 spiro atoms. The highest BCUT2D eigenvalue weighted by Gasteiger charge is 2.50. The van der Waals surface area contributed by atoms with Gasteiger partial charge < -0.3 is 14.7 Å². The predicted octanol–water partition coefficient (Wildman–Crippen LogP) is 2.98. The Kier molecular flexibility index (Phi) is 6.22. The van der Waals surface area contributed by atoms with E-state index in [1.165, 1.54) is 5.69 Å². The minimum absolute atomic E-state index is 0.0930. The number of aromatic nitrogens is 1. The van der Waals surface area contributed by atoms with Crippen LogP contribution in [0.4, 0.5) is 10.5 Å². The molecule has 1 aliphatic carbocycles. The van der Waals surface area contributed by atoms with Crippen molar-refractivity contribution < 1.29 is 19.4 Å². The quantitative estimate of drug-likeness (QED) is 0.767. The summed E-state index contributed by atoms with van der Waals surface area (Å²) < 4.78 is 6.07. The van der Waals surface area contributed by atoms with Gasteiger partial charge in [-0.15, -0.1) is 0 Å². The summed E-state index contributed by atoms with van der Waals surface area (Å²) in [5.41, 5.74) is 1.19. The van der Waals surface area contributed by atoms with Crippen molar-refractivity contribution in [2.75, 3.05) is 31.1 Å². The van der Waals surface area contributed by atoms with E-state index in [4.69, 9.17) is 4.74 Å². The molecule has 32 heavy (non-hydrogen) atoms. The first-order chi connectivity index (χ1) is 15.6. The number of likely N-dealkylation sites (tertiary alicyclic amines) is 1. The molecule has 174 valence electrons. The number of ether oxygens (including phenoxy) is 1. The van der Waals surface area contributed by atoms with Crippen molar-refractivity contribution in [1.29, 1.82) is 0 Å². The number of hydrogen-bond donors (Lipinski definition) is 1. The molecule has 1 N–H and O–H groups in total. The van der Waals surface area contributed by atoms with E-state index in [9.17, 15) is 14.7 Å². The van der Waals surface area contributed by atoms with E-state index in [1.54, 1.807) is 0 Å². The van der Waals surface area contributed by atoms with Gasteiger partial charge in [0, 0.05) is 43.3 Å². The molecular formula is C24H34N4O4. The van der Waals surface area contributed by atoms with E-state index < -0.39 is 5.97 Å². The molecule has 1 aromatic rings. The maximum absolute atomic E-state index is 13.1. The topological polar surface area (TPSA) is 86.2 Å². The summed E-state index contributed by atoms with van der Waals surface area (Å²) in [7, 11) is 0. The maximum Gasteiger partial charge on any atom is 0.410 e. The van der Waals surface area contributed by atoms with Crippen molar-refractivity contribution in [3.63, 3.8) is 0 Å². The van der Waals surface area contributed by atoms with Crippen molar-refractivity contribution >= 4 is 17.7 Å². The summed E-state index contributed by atoms with van der Waals surface area (Å²) in [5, 5.41) is 9.33. The lowest BCUT2D eigenvalue weighted by atomic mass is 9.92. The van der Waals surface area contributed by atoms with E-state index in [1.807, 2.05) is 24.5 Å². The number of anilines is 1. The molecule has 1 aromatic heterocycles. The van der Waals surface area contributed by atoms with Gasteiger partial charge in [-0.25, -0.2) is 4.79 Å². The number of rotatable bonds is 4. The predicted molar refractivity (Wildman–Crippen MR) is 120 cm³/mol. The minimum Gasteiger partial charge on any atom is -0.481 e. The molecular weight excluding hydrogens is 408 g/mol. The van der Waals surface area contributed by atoms with Crippen LogP contribution in [-0.4, -0.2) is 82.4 Å². The second-order valence-electron chi connectivity index (χ2n) is 9.75. The summed E-state index contributed by atoms with van der Waals surface area (Å²) >= 11 is 0. The molecule has 3 atom stereocenters. The Balaban J connectivity index is 1.25. The van der Waals surface area contributed by atoms with Crippen LogP contribution in [-0.2, 0) is 9.53 Å². The smallest absolute Gasteiger partial charge is 0.410 e. The third kappa shape index (κ3) is 4.17. The van der Waals surface area contributed by atoms with Gasteiger partial charge in [0.25, 0.3) is 0 Å². The molecule has 1 amide bonds. The zero-order chi connectivity index (χ0) is 22.1. The standard InChI is InChI=1S/C24H34N4O4/c29-23(30)17-7-13-27(14-8-17)20-3-1-2-4-21-22(20)32-24(31)28(21)19-9-15-26(16-10-19)18-5-11-25-12-6-18/h5-6,11-12,17,19-22H,1-4,7-10,13-16H2,(H,29,30). The highest BCUT2D eigenvalue weighted by Crippen LogP contribution is 2.38. The van der Waals surface area contributed by atoms with E-state index >= 15 is 0 Å². The number of nitrogens with zero attached hydrogens (tertiary/aromatic N) is 4. The Hall–Kier alpha value is -2.35. The first-order valence-corrected chi connectivity index (χ1v) is 12.2. The molecule has 8 nitrogen and oxygen atoms in total. The number of carboxylic acid groups (broad SMARTS) is 1. The van der Waals surface area contributed by atoms with Gasteiger partial charge in [0.2, 0.25) is 0 Å². The molecule has 1 saturated carbocycles. The molecule has 0 aromatic carbocycles. The number of carbonyl (C=O) groups excluding carboxylic acids is 1. The van der Waals surface area contributed by atoms with E-state index in [0.717, 1.165) is 64.7 Å². The fourth-order valence-corrected chi connectivity index (χ4v) is 6.30. The minimum atomic E-state index is -0.681. The zero-order valence-corrected chi connectivity index (χ0v) is 18.6. The molecule has 8 heteroatoms. The Morgan fingerprint density at radius 2 is 1.59 bits per heavy atom. The van der Waals surface area contributed by atoms with Gasteiger partial charge in [0.1, 0.15) is 6.10 Å². The third-order valence-electron chi connectivity index (χ3n) is 8.05. The van der Waals surface area contributed by atoms with E-state index in [0.29, 0.717) is 12.8 Å². The highest BCUT2D eigenvalue weighted by molar-refractivity contribution is 5.71. The average Bonchev–Trinajstić information content (AvgIpc) is 3.01. The molecule has 3 aliphatic heterocycles. The fraction of sp³-hybridized carbons (Fsp3) is 0.708. The molecule has 5 rings (SSSR count). The molecule has 0 radical (unpaired) electrons. The first kappa shape index (κ1) is 21.5. The van der Waals surface area contributed by atoms with Crippen LogP contribution in [0, 0.1) is 5.92 Å². The summed E-state index contributed by atoms with van der Waals surface area (Å²) in [4.78, 5) is 35.4. The Bertz CT molecular complexity index is 805. The molecule has 0 bridgehead atoms. The fourth-order valence-electron chi connectivity index (χ4n) is 6.30. The van der Waals surface area contributed by atoms with Crippen LogP contribution in [0.1, 0.15) is 51.4 Å². The maximum atomic E-state index is 13.1. The number of amides is 1. The van der Waals surface area contributed by atoms with Crippen LogP contribution in [0.15, 0.2) is 24.5 Å². The van der Waals surface area contributed by atoms with Gasteiger partial charge in [-0.2, -0.15) is 0 Å². The molecule has 4 aliphatic rings.